The van der Waals surface area contributed by atoms with Crippen molar-refractivity contribution in [3.63, 3.8) is 0 Å². The second-order valence-electron chi connectivity index (χ2n) is 2.60. The summed E-state index contributed by atoms with van der Waals surface area (Å²) >= 11 is 3.42. The summed E-state index contributed by atoms with van der Waals surface area (Å²) in [6.45, 7) is 2.06. The lowest BCUT2D eigenvalue weighted by Crippen LogP contribution is -1.99. The van der Waals surface area contributed by atoms with Gasteiger partial charge in [0, 0.05) is 5.56 Å². The van der Waals surface area contributed by atoms with E-state index in [4.69, 9.17) is 0 Å². The summed E-state index contributed by atoms with van der Waals surface area (Å²) in [7, 11) is 0. The molecular formula is C8H7BrN2. The lowest BCUT2D eigenvalue weighted by Gasteiger charge is -2.04. The molecule has 1 aromatic rings. The van der Waals surface area contributed by atoms with Crippen molar-refractivity contribution < 1.29 is 0 Å². The van der Waals surface area contributed by atoms with Crippen molar-refractivity contribution in [1.29, 1.82) is 0 Å². The Morgan fingerprint density at radius 1 is 1.27 bits per heavy atom. The van der Waals surface area contributed by atoms with Gasteiger partial charge in [-0.1, -0.05) is 24.3 Å². The Kier molecular flexibility index (Phi) is 1.36. The van der Waals surface area contributed by atoms with Crippen LogP contribution in [-0.4, -0.2) is 0 Å². The number of aryl methyl sites for hydroxylation is 1. The summed E-state index contributed by atoms with van der Waals surface area (Å²) in [4.78, 5) is 0. The zero-order valence-corrected chi connectivity index (χ0v) is 7.67. The van der Waals surface area contributed by atoms with E-state index < -0.39 is 4.57 Å². The number of rotatable bonds is 1. The predicted molar refractivity (Wildman–Crippen MR) is 46.6 cm³/mol. The van der Waals surface area contributed by atoms with Crippen LogP contribution in [0, 0.1) is 6.92 Å². The third-order valence-corrected chi connectivity index (χ3v) is 2.51. The fourth-order valence-electron chi connectivity index (χ4n) is 1.08. The highest BCUT2D eigenvalue weighted by Crippen LogP contribution is 2.46. The van der Waals surface area contributed by atoms with E-state index in [0.29, 0.717) is 0 Å². The van der Waals surface area contributed by atoms with Gasteiger partial charge in [-0.15, -0.1) is 10.2 Å². The Morgan fingerprint density at radius 2 is 1.91 bits per heavy atom. The molecule has 3 heteroatoms. The zero-order chi connectivity index (χ0) is 7.90. The van der Waals surface area contributed by atoms with Crippen molar-refractivity contribution in [2.75, 3.05) is 0 Å². The van der Waals surface area contributed by atoms with Gasteiger partial charge in [-0.2, -0.15) is 0 Å². The SMILES string of the molecule is Cc1ccccc1C1(Br)N=N1. The highest BCUT2D eigenvalue weighted by atomic mass is 79.9. The fraction of sp³-hybridized carbons (Fsp3) is 0.250. The van der Waals surface area contributed by atoms with Gasteiger partial charge in [0.2, 0.25) is 0 Å². The average Bonchev–Trinajstić information content (AvgIpc) is 2.70. The maximum absolute atomic E-state index is 3.91. The molecular weight excluding hydrogens is 204 g/mol. The van der Waals surface area contributed by atoms with E-state index in [2.05, 4.69) is 39.1 Å². The molecule has 0 N–H and O–H groups in total. The number of nitrogens with zero attached hydrogens (tertiary/aromatic N) is 2. The first-order valence-electron chi connectivity index (χ1n) is 3.41. The van der Waals surface area contributed by atoms with Crippen LogP contribution in [-0.2, 0) is 4.57 Å². The summed E-state index contributed by atoms with van der Waals surface area (Å²) in [6, 6.07) is 8.10. The van der Waals surface area contributed by atoms with Crippen molar-refractivity contribution in [3.8, 4) is 0 Å². The average molecular weight is 211 g/mol. The molecule has 0 saturated heterocycles. The zero-order valence-electron chi connectivity index (χ0n) is 6.08. The highest BCUT2D eigenvalue weighted by molar-refractivity contribution is 9.09. The molecule has 0 saturated carbocycles. The molecule has 1 aromatic carbocycles. The van der Waals surface area contributed by atoms with Crippen LogP contribution in [0.2, 0.25) is 0 Å². The molecule has 0 radical (unpaired) electrons. The van der Waals surface area contributed by atoms with Crippen LogP contribution in [0.15, 0.2) is 34.5 Å². The Hall–Kier alpha value is -0.700. The summed E-state index contributed by atoms with van der Waals surface area (Å²) in [5, 5.41) is 7.81. The van der Waals surface area contributed by atoms with E-state index >= 15 is 0 Å². The standard InChI is InChI=1S/C8H7BrN2/c1-6-4-2-3-5-7(6)8(9)10-11-8/h2-5H,1H3. The van der Waals surface area contributed by atoms with Gasteiger partial charge < -0.3 is 0 Å². The molecule has 0 bridgehead atoms. The second-order valence-corrected chi connectivity index (χ2v) is 3.71. The molecule has 0 fully saturated rings. The van der Waals surface area contributed by atoms with E-state index in [1.54, 1.807) is 0 Å². The number of halogens is 1. The van der Waals surface area contributed by atoms with Gasteiger partial charge in [0.05, 0.1) is 0 Å². The second kappa shape index (κ2) is 2.14. The van der Waals surface area contributed by atoms with Crippen LogP contribution in [0.5, 0.6) is 0 Å². The summed E-state index contributed by atoms with van der Waals surface area (Å²) in [6.07, 6.45) is 0. The largest absolute Gasteiger partial charge is 0.269 e. The van der Waals surface area contributed by atoms with Gasteiger partial charge in [0.1, 0.15) is 0 Å². The van der Waals surface area contributed by atoms with Crippen molar-refractivity contribution in [2.24, 2.45) is 10.2 Å². The minimum Gasteiger partial charge on any atom is -0.140 e. The van der Waals surface area contributed by atoms with Gasteiger partial charge in [-0.25, -0.2) is 0 Å². The third-order valence-electron chi connectivity index (χ3n) is 1.76. The number of alkyl halides is 1. The van der Waals surface area contributed by atoms with Crippen LogP contribution in [0.1, 0.15) is 11.1 Å². The molecule has 0 unspecified atom stereocenters. The van der Waals surface area contributed by atoms with E-state index in [1.165, 1.54) is 5.56 Å². The smallest absolute Gasteiger partial charge is 0.140 e. The first kappa shape index (κ1) is 6.98. The Bertz CT molecular complexity index is 314. The molecule has 0 aliphatic carbocycles. The fourth-order valence-corrected chi connectivity index (χ4v) is 1.61. The van der Waals surface area contributed by atoms with Gasteiger partial charge in [0.25, 0.3) is 4.57 Å². The van der Waals surface area contributed by atoms with Crippen molar-refractivity contribution in [1.82, 2.24) is 0 Å². The molecule has 11 heavy (non-hydrogen) atoms. The van der Waals surface area contributed by atoms with Crippen molar-refractivity contribution in [3.05, 3.63) is 35.4 Å². The third kappa shape index (κ3) is 1.09. The molecule has 0 spiro atoms. The van der Waals surface area contributed by atoms with Crippen LogP contribution in [0.25, 0.3) is 0 Å². The van der Waals surface area contributed by atoms with E-state index in [0.717, 1.165) is 5.56 Å². The summed E-state index contributed by atoms with van der Waals surface area (Å²) < 4.78 is -0.404. The maximum atomic E-state index is 3.91. The molecule has 1 heterocycles. The Balaban J connectivity index is 2.45. The van der Waals surface area contributed by atoms with E-state index in [-0.39, 0.29) is 0 Å². The van der Waals surface area contributed by atoms with E-state index in [1.807, 2.05) is 18.2 Å². The van der Waals surface area contributed by atoms with Crippen molar-refractivity contribution in [2.45, 2.75) is 11.5 Å². The minimum absolute atomic E-state index is 0.404. The molecule has 0 aromatic heterocycles. The Morgan fingerprint density at radius 3 is 2.45 bits per heavy atom. The molecule has 2 nitrogen and oxygen atoms in total. The highest BCUT2D eigenvalue weighted by Gasteiger charge is 2.39. The summed E-state index contributed by atoms with van der Waals surface area (Å²) in [5.41, 5.74) is 2.36. The van der Waals surface area contributed by atoms with Crippen LogP contribution >= 0.6 is 15.9 Å². The topological polar surface area (TPSA) is 24.7 Å². The minimum atomic E-state index is -0.404. The number of hydrogen-bond donors (Lipinski definition) is 0. The lowest BCUT2D eigenvalue weighted by atomic mass is 10.1. The molecule has 0 amide bonds. The number of benzene rings is 1. The maximum Gasteiger partial charge on any atom is 0.269 e. The lowest BCUT2D eigenvalue weighted by molar-refractivity contribution is 0.966. The molecule has 0 atom stereocenters. The number of hydrogen-bond acceptors (Lipinski definition) is 2. The molecule has 1 aliphatic rings. The Labute approximate surface area is 73.5 Å². The summed E-state index contributed by atoms with van der Waals surface area (Å²) in [5.74, 6) is 0. The predicted octanol–water partition coefficient (Wildman–Crippen LogP) is 2.97. The van der Waals surface area contributed by atoms with Gasteiger partial charge in [-0.3, -0.25) is 0 Å². The van der Waals surface area contributed by atoms with Crippen LogP contribution in [0.4, 0.5) is 0 Å². The van der Waals surface area contributed by atoms with Crippen molar-refractivity contribution >= 4 is 15.9 Å². The molecule has 1 aliphatic heterocycles. The van der Waals surface area contributed by atoms with Gasteiger partial charge in [0.15, 0.2) is 0 Å². The van der Waals surface area contributed by atoms with Gasteiger partial charge >= 0.3 is 0 Å². The van der Waals surface area contributed by atoms with Crippen LogP contribution < -0.4 is 0 Å². The first-order valence-corrected chi connectivity index (χ1v) is 4.21. The normalized spacial score (nSPS) is 18.4. The van der Waals surface area contributed by atoms with Crippen LogP contribution in [0.3, 0.4) is 0 Å². The quantitative estimate of drug-likeness (QED) is 0.504. The first-order chi connectivity index (χ1) is 5.22. The van der Waals surface area contributed by atoms with Gasteiger partial charge in [-0.05, 0) is 28.4 Å². The monoisotopic (exact) mass is 210 g/mol. The molecule has 2 rings (SSSR count). The molecule has 56 valence electrons. The van der Waals surface area contributed by atoms with E-state index in [9.17, 15) is 0 Å².